The molecule has 0 amide bonds. The minimum atomic E-state index is -1.22. The summed E-state index contributed by atoms with van der Waals surface area (Å²) >= 11 is 0. The van der Waals surface area contributed by atoms with Gasteiger partial charge in [0, 0.05) is 5.56 Å². The van der Waals surface area contributed by atoms with Gasteiger partial charge in [-0.3, -0.25) is 4.79 Å². The molecule has 0 saturated carbocycles. The summed E-state index contributed by atoms with van der Waals surface area (Å²) in [5.41, 5.74) is 1.36. The van der Waals surface area contributed by atoms with E-state index in [0.29, 0.717) is 11.1 Å². The van der Waals surface area contributed by atoms with Crippen LogP contribution in [0.1, 0.15) is 41.4 Å². The van der Waals surface area contributed by atoms with Gasteiger partial charge >= 0.3 is 17.9 Å². The van der Waals surface area contributed by atoms with Crippen LogP contribution in [0.25, 0.3) is 0 Å². The Labute approximate surface area is 243 Å². The highest BCUT2D eigenvalue weighted by atomic mass is 16.6. The van der Waals surface area contributed by atoms with Crippen molar-refractivity contribution >= 4 is 23.7 Å². The molecule has 42 heavy (non-hydrogen) atoms. The van der Waals surface area contributed by atoms with Crippen LogP contribution >= 0.6 is 0 Å². The highest BCUT2D eigenvalue weighted by molar-refractivity contribution is 6.04. The second-order valence-corrected chi connectivity index (χ2v) is 8.98. The summed E-state index contributed by atoms with van der Waals surface area (Å²) in [6.45, 7) is -0.407. The van der Waals surface area contributed by atoms with E-state index < -0.39 is 36.7 Å². The first-order chi connectivity index (χ1) is 20.5. The van der Waals surface area contributed by atoms with Crippen LogP contribution in [0.2, 0.25) is 0 Å². The lowest BCUT2D eigenvalue weighted by molar-refractivity contribution is -0.0443. The largest absolute Gasteiger partial charge is 0.458 e. The zero-order chi connectivity index (χ0) is 29.6. The van der Waals surface area contributed by atoms with Crippen molar-refractivity contribution in [3.05, 3.63) is 168 Å². The van der Waals surface area contributed by atoms with Gasteiger partial charge in [-0.25, -0.2) is 14.4 Å². The lowest BCUT2D eigenvalue weighted by atomic mass is 10.1. The van der Waals surface area contributed by atoms with Crippen molar-refractivity contribution < 1.29 is 33.4 Å². The van der Waals surface area contributed by atoms with Gasteiger partial charge in [0.15, 0.2) is 18.0 Å². The molecule has 0 bridgehead atoms. The molecule has 4 aromatic carbocycles. The molecule has 0 unspecified atom stereocenters. The van der Waals surface area contributed by atoms with E-state index in [4.69, 9.17) is 14.2 Å². The number of esters is 3. The van der Waals surface area contributed by atoms with Crippen LogP contribution in [-0.2, 0) is 14.2 Å². The lowest BCUT2D eigenvalue weighted by Crippen LogP contribution is -2.38. The number of ether oxygens (including phenoxy) is 3. The Morgan fingerprint density at radius 2 is 0.952 bits per heavy atom. The molecule has 0 saturated heterocycles. The maximum atomic E-state index is 13.0. The van der Waals surface area contributed by atoms with E-state index in [9.17, 15) is 19.2 Å². The van der Waals surface area contributed by atoms with Gasteiger partial charge in [0.25, 0.3) is 0 Å². The molecular weight excluding hydrogens is 532 g/mol. The van der Waals surface area contributed by atoms with Crippen molar-refractivity contribution in [2.75, 3.05) is 6.61 Å². The summed E-state index contributed by atoms with van der Waals surface area (Å²) in [4.78, 5) is 51.2. The Morgan fingerprint density at radius 1 is 0.524 bits per heavy atom. The van der Waals surface area contributed by atoms with Crippen LogP contribution in [0.5, 0.6) is 0 Å². The second kappa shape index (κ2) is 15.3. The third-order valence-electron chi connectivity index (χ3n) is 5.99. The highest BCUT2D eigenvalue weighted by Crippen LogP contribution is 2.16. The molecular formula is C35H28O7. The minimum Gasteiger partial charge on any atom is -0.458 e. The molecule has 7 nitrogen and oxygen atoms in total. The van der Waals surface area contributed by atoms with Crippen molar-refractivity contribution in [2.45, 2.75) is 12.2 Å². The number of allylic oxidation sites excluding steroid dienone is 3. The zero-order valence-electron chi connectivity index (χ0n) is 22.6. The summed E-state index contributed by atoms with van der Waals surface area (Å²) < 4.78 is 17.0. The number of hydrogen-bond donors (Lipinski definition) is 0. The van der Waals surface area contributed by atoms with Crippen molar-refractivity contribution in [3.8, 4) is 0 Å². The summed E-state index contributed by atoms with van der Waals surface area (Å²) in [7, 11) is 0. The molecule has 0 aliphatic heterocycles. The fourth-order valence-electron chi connectivity index (χ4n) is 3.81. The van der Waals surface area contributed by atoms with Crippen LogP contribution in [-0.4, -0.2) is 42.5 Å². The number of ketones is 1. The average Bonchev–Trinajstić information content (AvgIpc) is 3.05. The molecule has 2 atom stereocenters. The predicted molar refractivity (Wildman–Crippen MR) is 157 cm³/mol. The van der Waals surface area contributed by atoms with Crippen molar-refractivity contribution in [1.29, 1.82) is 0 Å². The van der Waals surface area contributed by atoms with Crippen LogP contribution in [0.3, 0.4) is 0 Å². The van der Waals surface area contributed by atoms with Crippen LogP contribution in [0.4, 0.5) is 0 Å². The first-order valence-corrected chi connectivity index (χ1v) is 13.2. The first kappa shape index (κ1) is 29.4. The molecule has 0 aliphatic carbocycles. The van der Waals surface area contributed by atoms with Gasteiger partial charge in [-0.1, -0.05) is 97.1 Å². The predicted octanol–water partition coefficient (Wildman–Crippen LogP) is 6.29. The maximum Gasteiger partial charge on any atom is 0.338 e. The van der Waals surface area contributed by atoms with Crippen LogP contribution < -0.4 is 0 Å². The molecule has 4 rings (SSSR count). The third-order valence-corrected chi connectivity index (χ3v) is 5.99. The van der Waals surface area contributed by atoms with E-state index >= 15 is 0 Å². The highest BCUT2D eigenvalue weighted by Gasteiger charge is 2.29. The molecule has 0 aromatic heterocycles. The number of hydrogen-bond acceptors (Lipinski definition) is 7. The molecule has 0 radical (unpaired) electrons. The van der Waals surface area contributed by atoms with E-state index in [1.165, 1.54) is 24.3 Å². The number of benzene rings is 4. The second-order valence-electron chi connectivity index (χ2n) is 8.98. The van der Waals surface area contributed by atoms with Gasteiger partial charge in [0.1, 0.15) is 6.61 Å². The van der Waals surface area contributed by atoms with Gasteiger partial charge in [0.05, 0.1) is 16.7 Å². The Hall–Kier alpha value is -5.56. The molecule has 0 aliphatic rings. The Kier molecular flexibility index (Phi) is 10.7. The summed E-state index contributed by atoms with van der Waals surface area (Å²) in [5, 5.41) is 0. The monoisotopic (exact) mass is 560 g/mol. The summed E-state index contributed by atoms with van der Waals surface area (Å²) in [6.07, 6.45) is 3.44. The minimum absolute atomic E-state index is 0.220. The van der Waals surface area contributed by atoms with Gasteiger partial charge in [-0.2, -0.15) is 0 Å². The SMILES string of the molecule is O=C(/C=C/C=C/[C@H](OC(=O)c1ccccc1)[C@@H](COC(=O)c1ccccc1)OC(=O)c1ccccc1)c1ccccc1. The summed E-state index contributed by atoms with van der Waals surface area (Å²) in [6, 6.07) is 33.7. The van der Waals surface area contributed by atoms with Crippen molar-refractivity contribution in [1.82, 2.24) is 0 Å². The van der Waals surface area contributed by atoms with Gasteiger partial charge < -0.3 is 14.2 Å². The van der Waals surface area contributed by atoms with Gasteiger partial charge in [-0.15, -0.1) is 0 Å². The van der Waals surface area contributed by atoms with Crippen LogP contribution in [0.15, 0.2) is 146 Å². The van der Waals surface area contributed by atoms with E-state index in [1.807, 2.05) is 6.07 Å². The van der Waals surface area contributed by atoms with Crippen molar-refractivity contribution in [2.24, 2.45) is 0 Å². The topological polar surface area (TPSA) is 96.0 Å². The maximum absolute atomic E-state index is 13.0. The molecule has 0 fully saturated rings. The Balaban J connectivity index is 1.59. The first-order valence-electron chi connectivity index (χ1n) is 13.2. The normalized spacial score (nSPS) is 12.4. The van der Waals surface area contributed by atoms with Gasteiger partial charge in [-0.05, 0) is 48.6 Å². The molecule has 210 valence electrons. The lowest BCUT2D eigenvalue weighted by Gasteiger charge is -2.25. The molecule has 0 N–H and O–H groups in total. The molecule has 0 heterocycles. The van der Waals surface area contributed by atoms with Crippen LogP contribution in [0, 0.1) is 0 Å². The average molecular weight is 561 g/mol. The number of carbonyl (C=O) groups is 4. The number of rotatable bonds is 12. The van der Waals surface area contributed by atoms with E-state index in [0.717, 1.165) is 0 Å². The molecule has 7 heteroatoms. The Morgan fingerprint density at radius 3 is 1.45 bits per heavy atom. The van der Waals surface area contributed by atoms with Gasteiger partial charge in [0.2, 0.25) is 0 Å². The van der Waals surface area contributed by atoms with Crippen molar-refractivity contribution in [3.63, 3.8) is 0 Å². The molecule has 0 spiro atoms. The fourth-order valence-corrected chi connectivity index (χ4v) is 3.81. The molecule has 4 aromatic rings. The quantitative estimate of drug-likeness (QED) is 0.0661. The third kappa shape index (κ3) is 8.72. The standard InChI is InChI=1S/C35H28O7/c36-30(26-15-5-1-6-16-26)23-13-14-24-31(41-34(38)28-19-9-3-10-20-28)32(42-35(39)29-21-11-4-12-22-29)25-40-33(37)27-17-7-2-8-18-27/h1-24,31-32H,25H2/b23-13+,24-14+/t31-,32+/m0/s1. The van der Waals surface area contributed by atoms with E-state index in [1.54, 1.807) is 115 Å². The van der Waals surface area contributed by atoms with E-state index in [-0.39, 0.29) is 16.9 Å². The summed E-state index contributed by atoms with van der Waals surface area (Å²) in [5.74, 6) is -2.23. The number of carbonyl (C=O) groups excluding carboxylic acids is 4. The Bertz CT molecular complexity index is 1530. The zero-order valence-corrected chi connectivity index (χ0v) is 22.6. The van der Waals surface area contributed by atoms with E-state index in [2.05, 4.69) is 0 Å². The fraction of sp³-hybridized carbons (Fsp3) is 0.0857. The smallest absolute Gasteiger partial charge is 0.338 e.